The predicted molar refractivity (Wildman–Crippen MR) is 148 cm³/mol. The Morgan fingerprint density at radius 3 is 2.58 bits per heavy atom. The molecule has 226 valence electrons. The zero-order valence-electron chi connectivity index (χ0n) is 23.5. The number of benzene rings is 2. The van der Waals surface area contributed by atoms with Crippen molar-refractivity contribution in [3.8, 4) is 5.69 Å². The summed E-state index contributed by atoms with van der Waals surface area (Å²) in [4.78, 5) is 11.8. The van der Waals surface area contributed by atoms with E-state index in [2.05, 4.69) is 15.4 Å². The van der Waals surface area contributed by atoms with Crippen LogP contribution in [0.5, 0.6) is 0 Å². The highest BCUT2D eigenvalue weighted by atomic mass is 32.2. The molecule has 43 heavy (non-hydrogen) atoms. The van der Waals surface area contributed by atoms with E-state index in [0.29, 0.717) is 35.3 Å². The van der Waals surface area contributed by atoms with E-state index in [9.17, 15) is 31.5 Å². The molecule has 4 aromatic rings. The van der Waals surface area contributed by atoms with Crippen LogP contribution in [0.25, 0.3) is 5.69 Å². The molecule has 1 aliphatic carbocycles. The van der Waals surface area contributed by atoms with Crippen molar-refractivity contribution in [1.29, 1.82) is 0 Å². The number of halogens is 3. The molecular weight excluding hydrogens is 585 g/mol. The number of carboxylic acids is 1. The summed E-state index contributed by atoms with van der Waals surface area (Å²) in [5.74, 6) is -1.44. The fraction of sp³-hybridized carbons (Fsp3) is 0.379. The Bertz CT molecular complexity index is 1830. The first kappa shape index (κ1) is 29.1. The molecule has 2 aromatic heterocycles. The van der Waals surface area contributed by atoms with Crippen molar-refractivity contribution >= 4 is 16.0 Å². The molecule has 0 bridgehead atoms. The molecule has 10 nitrogen and oxygen atoms in total. The van der Waals surface area contributed by atoms with Gasteiger partial charge in [-0.15, -0.1) is 5.10 Å². The van der Waals surface area contributed by atoms with Crippen LogP contribution < -0.4 is 0 Å². The van der Waals surface area contributed by atoms with Gasteiger partial charge in [-0.2, -0.15) is 22.6 Å². The average molecular weight is 615 g/mol. The maximum Gasteiger partial charge on any atom is 0.416 e. The lowest BCUT2D eigenvalue weighted by molar-refractivity contribution is -0.137. The molecular formula is C29H29F3N6O4S. The standard InChI is InChI=1S/C29H29F3N6O4S/c1-16-9-19-7-8-20(29(30,31)32)11-26(19)43(41,42)37(14-16)17(2)18-5-4-6-21(10-18)38-27(24(13-33-38)28(39)40)23-12-22(23)25-15-36(3)35-34-25/h4-8,10-11,13,15-17,22-23H,9,12,14H2,1-3H3,(H,39,40)/t16-,17-,22+,23+/m0/s1. The van der Waals surface area contributed by atoms with Gasteiger partial charge in [-0.3, -0.25) is 4.68 Å². The van der Waals surface area contributed by atoms with Crippen molar-refractivity contribution in [3.05, 3.63) is 88.5 Å². The Morgan fingerprint density at radius 1 is 1.14 bits per heavy atom. The van der Waals surface area contributed by atoms with E-state index in [1.807, 2.05) is 6.92 Å². The molecule has 0 spiro atoms. The van der Waals surface area contributed by atoms with Crippen molar-refractivity contribution in [2.75, 3.05) is 6.54 Å². The predicted octanol–water partition coefficient (Wildman–Crippen LogP) is 4.93. The van der Waals surface area contributed by atoms with E-state index < -0.39 is 33.8 Å². The van der Waals surface area contributed by atoms with Crippen molar-refractivity contribution in [1.82, 2.24) is 29.1 Å². The molecule has 2 aliphatic rings. The van der Waals surface area contributed by atoms with Crippen LogP contribution >= 0.6 is 0 Å². The third-order valence-corrected chi connectivity index (χ3v) is 10.3. The molecule has 0 unspecified atom stereocenters. The SMILES string of the molecule is C[C@H]1Cc2ccc(C(F)(F)F)cc2S(=O)(=O)N([C@@H](C)c2cccc(-n3ncc(C(=O)O)c3[C@@H]3C[C@H]3c3cn(C)nn3)c2)C1. The topological polar surface area (TPSA) is 123 Å². The van der Waals surface area contributed by atoms with Crippen LogP contribution in [0.2, 0.25) is 0 Å². The lowest BCUT2D eigenvalue weighted by Crippen LogP contribution is -2.35. The highest BCUT2D eigenvalue weighted by Crippen LogP contribution is 2.55. The number of fused-ring (bicyclic) bond motifs is 1. The first-order valence-corrected chi connectivity index (χ1v) is 15.2. The van der Waals surface area contributed by atoms with Gasteiger partial charge in [0.1, 0.15) is 5.56 Å². The monoisotopic (exact) mass is 614 g/mol. The summed E-state index contributed by atoms with van der Waals surface area (Å²) < 4.78 is 72.7. The maximum atomic E-state index is 13.9. The van der Waals surface area contributed by atoms with Crippen LogP contribution in [0.1, 0.15) is 76.6 Å². The molecule has 0 saturated heterocycles. The number of aryl methyl sites for hydroxylation is 1. The molecule has 1 N–H and O–H groups in total. The van der Waals surface area contributed by atoms with Gasteiger partial charge in [-0.1, -0.05) is 30.3 Å². The highest BCUT2D eigenvalue weighted by Gasteiger charge is 2.46. The maximum absolute atomic E-state index is 13.9. The molecule has 1 saturated carbocycles. The van der Waals surface area contributed by atoms with Crippen LogP contribution in [0.15, 0.2) is 59.8 Å². The van der Waals surface area contributed by atoms with Crippen molar-refractivity contribution in [2.45, 2.75) is 55.6 Å². The number of aromatic nitrogens is 5. The van der Waals surface area contributed by atoms with Gasteiger partial charge in [0, 0.05) is 37.7 Å². The summed E-state index contributed by atoms with van der Waals surface area (Å²) in [5.41, 5.74) is 1.80. The van der Waals surface area contributed by atoms with E-state index in [4.69, 9.17) is 0 Å². The summed E-state index contributed by atoms with van der Waals surface area (Å²) in [7, 11) is -2.54. The summed E-state index contributed by atoms with van der Waals surface area (Å²) in [6.07, 6.45) is -0.595. The molecule has 6 rings (SSSR count). The van der Waals surface area contributed by atoms with E-state index in [-0.39, 0.29) is 34.8 Å². The number of sulfonamides is 1. The van der Waals surface area contributed by atoms with Gasteiger partial charge in [0.05, 0.1) is 33.7 Å². The van der Waals surface area contributed by atoms with Crippen molar-refractivity contribution in [2.24, 2.45) is 13.0 Å². The third-order valence-electron chi connectivity index (χ3n) is 8.25. The molecule has 2 aromatic carbocycles. The average Bonchev–Trinajstić information content (AvgIpc) is 3.42. The Morgan fingerprint density at radius 2 is 1.91 bits per heavy atom. The van der Waals surface area contributed by atoms with Crippen LogP contribution in [0, 0.1) is 5.92 Å². The number of aromatic carboxylic acids is 1. The minimum Gasteiger partial charge on any atom is -0.478 e. The zero-order chi connectivity index (χ0) is 30.8. The van der Waals surface area contributed by atoms with E-state index in [0.717, 1.165) is 17.8 Å². The number of nitrogens with zero attached hydrogens (tertiary/aromatic N) is 6. The smallest absolute Gasteiger partial charge is 0.416 e. The number of rotatable bonds is 6. The quantitative estimate of drug-likeness (QED) is 0.327. The van der Waals surface area contributed by atoms with Gasteiger partial charge in [0.15, 0.2) is 0 Å². The molecule has 0 amide bonds. The number of hydrogen-bond acceptors (Lipinski definition) is 6. The van der Waals surface area contributed by atoms with Gasteiger partial charge >= 0.3 is 12.1 Å². The molecule has 4 atom stereocenters. The van der Waals surface area contributed by atoms with Crippen molar-refractivity contribution in [3.63, 3.8) is 0 Å². The first-order chi connectivity index (χ1) is 20.3. The van der Waals surface area contributed by atoms with Gasteiger partial charge in [-0.05, 0) is 61.1 Å². The molecule has 1 aliphatic heterocycles. The van der Waals surface area contributed by atoms with Crippen LogP contribution in [0.3, 0.4) is 0 Å². The summed E-state index contributed by atoms with van der Waals surface area (Å²) in [5, 5.41) is 22.5. The van der Waals surface area contributed by atoms with Gasteiger partial charge in [0.25, 0.3) is 0 Å². The second-order valence-electron chi connectivity index (χ2n) is 11.4. The number of hydrogen-bond donors (Lipinski definition) is 1. The Labute approximate surface area is 245 Å². The fourth-order valence-corrected chi connectivity index (χ4v) is 8.00. The number of carbonyl (C=O) groups is 1. The van der Waals surface area contributed by atoms with E-state index in [1.165, 1.54) is 16.6 Å². The van der Waals surface area contributed by atoms with Crippen LogP contribution in [-0.2, 0) is 29.7 Å². The summed E-state index contributed by atoms with van der Waals surface area (Å²) >= 11 is 0. The second kappa shape index (κ2) is 10.3. The highest BCUT2D eigenvalue weighted by molar-refractivity contribution is 7.89. The molecule has 14 heteroatoms. The minimum absolute atomic E-state index is 0.0188. The lowest BCUT2D eigenvalue weighted by atomic mass is 9.99. The summed E-state index contributed by atoms with van der Waals surface area (Å²) in [6, 6.07) is 9.13. The number of alkyl halides is 3. The summed E-state index contributed by atoms with van der Waals surface area (Å²) in [6.45, 7) is 3.67. The Kier molecular flexibility index (Phi) is 6.96. The lowest BCUT2D eigenvalue weighted by Gasteiger charge is -2.29. The largest absolute Gasteiger partial charge is 0.478 e. The van der Waals surface area contributed by atoms with Crippen LogP contribution in [-0.4, -0.2) is 55.1 Å². The molecule has 0 radical (unpaired) electrons. The minimum atomic E-state index is -4.68. The second-order valence-corrected chi connectivity index (χ2v) is 13.3. The van der Waals surface area contributed by atoms with Gasteiger partial charge in [-0.25, -0.2) is 17.9 Å². The van der Waals surface area contributed by atoms with E-state index >= 15 is 0 Å². The Hall–Kier alpha value is -4.04. The van der Waals surface area contributed by atoms with Crippen LogP contribution in [0.4, 0.5) is 13.2 Å². The Balaban J connectivity index is 1.37. The third kappa shape index (κ3) is 5.22. The fourth-order valence-electron chi connectivity index (χ4n) is 6.00. The normalized spacial score (nSPS) is 22.5. The van der Waals surface area contributed by atoms with Gasteiger partial charge < -0.3 is 5.11 Å². The molecule has 3 heterocycles. The van der Waals surface area contributed by atoms with E-state index in [1.54, 1.807) is 53.8 Å². The zero-order valence-corrected chi connectivity index (χ0v) is 24.3. The molecule has 1 fully saturated rings. The van der Waals surface area contributed by atoms with Crippen molar-refractivity contribution < 1.29 is 31.5 Å². The first-order valence-electron chi connectivity index (χ1n) is 13.8. The number of carboxylic acid groups (broad SMARTS) is 1. The van der Waals surface area contributed by atoms with Gasteiger partial charge in [0.2, 0.25) is 10.0 Å².